The summed E-state index contributed by atoms with van der Waals surface area (Å²) in [6.45, 7) is 0.196. The van der Waals surface area contributed by atoms with Crippen molar-refractivity contribution in [2.75, 3.05) is 12.4 Å². The predicted molar refractivity (Wildman–Crippen MR) is 98.5 cm³/mol. The molecule has 0 aliphatic heterocycles. The topological polar surface area (TPSA) is 93.2 Å². The molecule has 0 radical (unpaired) electrons. The number of amides is 2. The maximum atomic E-state index is 12.1. The third kappa shape index (κ3) is 4.42. The van der Waals surface area contributed by atoms with Gasteiger partial charge in [-0.1, -0.05) is 29.5 Å². The zero-order valence-corrected chi connectivity index (χ0v) is 14.7. The van der Waals surface area contributed by atoms with Crippen molar-refractivity contribution in [2.45, 2.75) is 6.54 Å². The number of hydrogen-bond donors (Lipinski definition) is 2. The standard InChI is InChI=1S/C18H16N4O3S/c1-25-14-9-7-12(8-10-14)16(23)19-11-15-21-22-18(26-15)17(24)20-13-5-3-2-4-6-13/h2-10H,11H2,1H3,(H,19,23)(H,20,24). The molecule has 0 saturated carbocycles. The molecule has 1 aromatic heterocycles. The van der Waals surface area contributed by atoms with Crippen molar-refractivity contribution >= 4 is 28.8 Å². The fraction of sp³-hybridized carbons (Fsp3) is 0.111. The van der Waals surface area contributed by atoms with E-state index in [0.717, 1.165) is 11.3 Å². The van der Waals surface area contributed by atoms with Crippen molar-refractivity contribution in [1.82, 2.24) is 15.5 Å². The van der Waals surface area contributed by atoms with Crippen LogP contribution in [0.4, 0.5) is 5.69 Å². The SMILES string of the molecule is COc1ccc(C(=O)NCc2nnc(C(=O)Nc3ccccc3)s2)cc1. The van der Waals surface area contributed by atoms with Crippen LogP contribution < -0.4 is 15.4 Å². The summed E-state index contributed by atoms with van der Waals surface area (Å²) >= 11 is 1.13. The van der Waals surface area contributed by atoms with E-state index in [9.17, 15) is 9.59 Å². The summed E-state index contributed by atoms with van der Waals surface area (Å²) in [7, 11) is 1.57. The van der Waals surface area contributed by atoms with Gasteiger partial charge in [0.1, 0.15) is 10.8 Å². The summed E-state index contributed by atoms with van der Waals surface area (Å²) in [6, 6.07) is 15.9. The Hall–Kier alpha value is -3.26. The van der Waals surface area contributed by atoms with E-state index >= 15 is 0 Å². The number of para-hydroxylation sites is 1. The maximum Gasteiger partial charge on any atom is 0.286 e. The first-order valence-electron chi connectivity index (χ1n) is 7.77. The molecule has 0 spiro atoms. The average Bonchev–Trinajstić information content (AvgIpc) is 3.16. The fourth-order valence-electron chi connectivity index (χ4n) is 2.12. The Kier molecular flexibility index (Phi) is 5.55. The normalized spacial score (nSPS) is 10.2. The van der Waals surface area contributed by atoms with Gasteiger partial charge in [-0.2, -0.15) is 0 Å². The van der Waals surface area contributed by atoms with Crippen LogP contribution in [0.15, 0.2) is 54.6 Å². The summed E-state index contributed by atoms with van der Waals surface area (Å²) in [5, 5.41) is 14.1. The number of hydrogen-bond acceptors (Lipinski definition) is 6. The minimum Gasteiger partial charge on any atom is -0.497 e. The second-order valence-electron chi connectivity index (χ2n) is 5.23. The van der Waals surface area contributed by atoms with Gasteiger partial charge in [-0.15, -0.1) is 10.2 Å². The van der Waals surface area contributed by atoms with Gasteiger partial charge in [0, 0.05) is 11.3 Å². The monoisotopic (exact) mass is 368 g/mol. The minimum atomic E-state index is -0.332. The number of anilines is 1. The Morgan fingerprint density at radius 1 is 1.00 bits per heavy atom. The number of rotatable bonds is 6. The van der Waals surface area contributed by atoms with E-state index < -0.39 is 0 Å². The van der Waals surface area contributed by atoms with Gasteiger partial charge >= 0.3 is 0 Å². The van der Waals surface area contributed by atoms with Crippen LogP contribution in [0.1, 0.15) is 25.2 Å². The van der Waals surface area contributed by atoms with Crippen LogP contribution in [0, 0.1) is 0 Å². The van der Waals surface area contributed by atoms with Gasteiger partial charge in [0.2, 0.25) is 5.01 Å². The van der Waals surface area contributed by atoms with E-state index in [1.54, 1.807) is 43.5 Å². The lowest BCUT2D eigenvalue weighted by Gasteiger charge is -2.04. The molecule has 0 fully saturated rings. The fourth-order valence-corrected chi connectivity index (χ4v) is 2.80. The van der Waals surface area contributed by atoms with E-state index in [4.69, 9.17) is 4.74 Å². The summed E-state index contributed by atoms with van der Waals surface area (Å²) < 4.78 is 5.06. The molecule has 0 bridgehead atoms. The van der Waals surface area contributed by atoms with E-state index in [1.807, 2.05) is 18.2 Å². The molecule has 132 valence electrons. The number of ether oxygens (including phenoxy) is 1. The average molecular weight is 368 g/mol. The highest BCUT2D eigenvalue weighted by atomic mass is 32.1. The van der Waals surface area contributed by atoms with Crippen LogP contribution in [0.2, 0.25) is 0 Å². The number of carbonyl (C=O) groups is 2. The minimum absolute atomic E-state index is 0.196. The molecule has 8 heteroatoms. The quantitative estimate of drug-likeness (QED) is 0.698. The Morgan fingerprint density at radius 3 is 2.42 bits per heavy atom. The lowest BCUT2D eigenvalue weighted by molar-refractivity contribution is 0.0950. The highest BCUT2D eigenvalue weighted by Gasteiger charge is 2.14. The zero-order valence-electron chi connectivity index (χ0n) is 13.9. The van der Waals surface area contributed by atoms with Gasteiger partial charge in [-0.05, 0) is 36.4 Å². The Balaban J connectivity index is 1.56. The van der Waals surface area contributed by atoms with Crippen LogP contribution in [0.5, 0.6) is 5.75 Å². The lowest BCUT2D eigenvalue weighted by atomic mass is 10.2. The smallest absolute Gasteiger partial charge is 0.286 e. The van der Waals surface area contributed by atoms with Crippen LogP contribution in [0.3, 0.4) is 0 Å². The molecule has 0 atom stereocenters. The highest BCUT2D eigenvalue weighted by Crippen LogP contribution is 2.14. The number of benzene rings is 2. The lowest BCUT2D eigenvalue weighted by Crippen LogP contribution is -2.22. The first kappa shape index (κ1) is 17.6. The van der Waals surface area contributed by atoms with E-state index in [1.165, 1.54) is 0 Å². The molecule has 2 N–H and O–H groups in total. The first-order chi connectivity index (χ1) is 12.7. The molecule has 3 aromatic rings. The predicted octanol–water partition coefficient (Wildman–Crippen LogP) is 2.73. The molecule has 0 unspecified atom stereocenters. The number of aromatic nitrogens is 2. The van der Waals surface area contributed by atoms with Gasteiger partial charge < -0.3 is 15.4 Å². The van der Waals surface area contributed by atoms with Crippen molar-refractivity contribution < 1.29 is 14.3 Å². The van der Waals surface area contributed by atoms with Gasteiger partial charge in [-0.25, -0.2) is 0 Å². The third-order valence-corrected chi connectivity index (χ3v) is 4.37. The molecule has 2 aromatic carbocycles. The van der Waals surface area contributed by atoms with E-state index in [0.29, 0.717) is 22.0 Å². The highest BCUT2D eigenvalue weighted by molar-refractivity contribution is 7.13. The third-order valence-electron chi connectivity index (χ3n) is 3.45. The summed E-state index contributed by atoms with van der Waals surface area (Å²) in [5.74, 6) is 0.110. The molecule has 0 aliphatic carbocycles. The first-order valence-corrected chi connectivity index (χ1v) is 8.58. The van der Waals surface area contributed by atoms with E-state index in [-0.39, 0.29) is 23.4 Å². The van der Waals surface area contributed by atoms with Crippen molar-refractivity contribution in [2.24, 2.45) is 0 Å². The number of methoxy groups -OCH3 is 1. The Morgan fingerprint density at radius 2 is 1.73 bits per heavy atom. The van der Waals surface area contributed by atoms with Crippen molar-refractivity contribution in [3.63, 3.8) is 0 Å². The van der Waals surface area contributed by atoms with Crippen LogP contribution in [-0.2, 0) is 6.54 Å². The number of nitrogens with one attached hydrogen (secondary N) is 2. The largest absolute Gasteiger partial charge is 0.497 e. The van der Waals surface area contributed by atoms with Crippen LogP contribution in [-0.4, -0.2) is 29.1 Å². The molecular weight excluding hydrogens is 352 g/mol. The van der Waals surface area contributed by atoms with Gasteiger partial charge in [-0.3, -0.25) is 9.59 Å². The van der Waals surface area contributed by atoms with Gasteiger partial charge in [0.05, 0.1) is 13.7 Å². The van der Waals surface area contributed by atoms with Gasteiger partial charge in [0.25, 0.3) is 11.8 Å². The van der Waals surface area contributed by atoms with Crippen molar-refractivity contribution in [3.05, 3.63) is 70.2 Å². The molecule has 0 aliphatic rings. The summed E-state index contributed by atoms with van der Waals surface area (Å²) in [6.07, 6.45) is 0. The molecule has 1 heterocycles. The maximum absolute atomic E-state index is 12.1. The Labute approximate surface area is 154 Å². The second-order valence-corrected chi connectivity index (χ2v) is 6.29. The molecule has 26 heavy (non-hydrogen) atoms. The molecule has 0 saturated heterocycles. The van der Waals surface area contributed by atoms with Crippen molar-refractivity contribution in [3.8, 4) is 5.75 Å². The summed E-state index contributed by atoms with van der Waals surface area (Å²) in [4.78, 5) is 24.3. The molecule has 2 amide bonds. The molecule has 3 rings (SSSR count). The Bertz CT molecular complexity index is 894. The molecular formula is C18H16N4O3S. The number of nitrogens with zero attached hydrogens (tertiary/aromatic N) is 2. The number of carbonyl (C=O) groups excluding carboxylic acids is 2. The zero-order chi connectivity index (χ0) is 18.4. The van der Waals surface area contributed by atoms with Gasteiger partial charge in [0.15, 0.2) is 0 Å². The van der Waals surface area contributed by atoms with Crippen molar-refractivity contribution in [1.29, 1.82) is 0 Å². The summed E-state index contributed by atoms with van der Waals surface area (Å²) in [5.41, 5.74) is 1.19. The van der Waals surface area contributed by atoms with Crippen LogP contribution >= 0.6 is 11.3 Å². The second kappa shape index (κ2) is 8.21. The van der Waals surface area contributed by atoms with Crippen LogP contribution in [0.25, 0.3) is 0 Å². The van der Waals surface area contributed by atoms with E-state index in [2.05, 4.69) is 20.8 Å². The molecule has 7 nitrogen and oxygen atoms in total.